The molecule has 0 aliphatic carbocycles. The van der Waals surface area contributed by atoms with Gasteiger partial charge in [0.15, 0.2) is 0 Å². The third-order valence-electron chi connectivity index (χ3n) is 3.57. The Hall–Kier alpha value is -1.30. The molecule has 1 aromatic carbocycles. The maximum Gasteiger partial charge on any atom is 0.0582 e. The lowest BCUT2D eigenvalue weighted by Gasteiger charge is -2.34. The molecule has 0 radical (unpaired) electrons. The predicted octanol–water partition coefficient (Wildman–Crippen LogP) is 1.97. The molecule has 0 spiro atoms. The number of nitrogens with one attached hydrogen (secondary N) is 1. The van der Waals surface area contributed by atoms with Crippen molar-refractivity contribution in [2.75, 3.05) is 26.7 Å². The maximum absolute atomic E-state index is 3.56. The van der Waals surface area contributed by atoms with Crippen LogP contribution in [0.1, 0.15) is 18.9 Å². The van der Waals surface area contributed by atoms with E-state index in [1.54, 1.807) is 0 Å². The van der Waals surface area contributed by atoms with Gasteiger partial charge in [-0.25, -0.2) is 0 Å². The summed E-state index contributed by atoms with van der Waals surface area (Å²) in [5, 5.41) is 3.56. The van der Waals surface area contributed by atoms with Gasteiger partial charge in [0.1, 0.15) is 0 Å². The summed E-state index contributed by atoms with van der Waals surface area (Å²) in [6.45, 7) is 5.48. The first kappa shape index (κ1) is 13.1. The Morgan fingerprint density at radius 1 is 1.33 bits per heavy atom. The lowest BCUT2D eigenvalue weighted by atomic mass is 9.94. The van der Waals surface area contributed by atoms with Crippen LogP contribution in [0.3, 0.4) is 0 Å². The molecule has 2 unspecified atom stereocenters. The number of hydrogen-bond donors (Lipinski definition) is 1. The van der Waals surface area contributed by atoms with Crippen LogP contribution in [-0.2, 0) is 0 Å². The van der Waals surface area contributed by atoms with E-state index in [9.17, 15) is 0 Å². The summed E-state index contributed by atoms with van der Waals surface area (Å²) in [6, 6.07) is 10.8. The summed E-state index contributed by atoms with van der Waals surface area (Å²) in [5.74, 6) is 7.10. The van der Waals surface area contributed by atoms with Crippen LogP contribution in [0.5, 0.6) is 0 Å². The van der Waals surface area contributed by atoms with E-state index < -0.39 is 0 Å². The molecule has 1 N–H and O–H groups in total. The minimum atomic E-state index is 0.617. The van der Waals surface area contributed by atoms with Gasteiger partial charge in [-0.05, 0) is 38.1 Å². The van der Waals surface area contributed by atoms with Crippen molar-refractivity contribution in [3.63, 3.8) is 0 Å². The van der Waals surface area contributed by atoms with Gasteiger partial charge in [-0.2, -0.15) is 0 Å². The first-order valence-electron chi connectivity index (χ1n) is 6.71. The zero-order valence-electron chi connectivity index (χ0n) is 11.3. The molecule has 2 nitrogen and oxygen atoms in total. The molecule has 18 heavy (non-hydrogen) atoms. The molecular weight excluding hydrogens is 220 g/mol. The van der Waals surface area contributed by atoms with Crippen LogP contribution in [0.25, 0.3) is 0 Å². The highest BCUT2D eigenvalue weighted by atomic mass is 15.1. The fourth-order valence-corrected chi connectivity index (χ4v) is 2.51. The monoisotopic (exact) mass is 242 g/mol. The van der Waals surface area contributed by atoms with Gasteiger partial charge in [-0.15, -0.1) is 0 Å². The van der Waals surface area contributed by atoms with Crippen molar-refractivity contribution in [1.82, 2.24) is 10.2 Å². The van der Waals surface area contributed by atoms with E-state index in [1.165, 1.54) is 19.5 Å². The predicted molar refractivity (Wildman–Crippen MR) is 76.4 cm³/mol. The van der Waals surface area contributed by atoms with Gasteiger partial charge in [-0.3, -0.25) is 0 Å². The molecule has 1 aromatic rings. The topological polar surface area (TPSA) is 15.3 Å². The van der Waals surface area contributed by atoms with Crippen LogP contribution in [-0.4, -0.2) is 37.6 Å². The van der Waals surface area contributed by atoms with E-state index >= 15 is 0 Å². The Morgan fingerprint density at radius 2 is 2.11 bits per heavy atom. The first-order chi connectivity index (χ1) is 8.75. The third kappa shape index (κ3) is 3.87. The quantitative estimate of drug-likeness (QED) is 0.798. The van der Waals surface area contributed by atoms with Crippen molar-refractivity contribution in [1.29, 1.82) is 0 Å². The van der Waals surface area contributed by atoms with E-state index in [1.807, 2.05) is 30.3 Å². The molecule has 0 amide bonds. The molecular formula is C16H22N2. The second-order valence-corrected chi connectivity index (χ2v) is 5.18. The van der Waals surface area contributed by atoms with Crippen LogP contribution < -0.4 is 5.32 Å². The average Bonchev–Trinajstić information content (AvgIpc) is 2.38. The van der Waals surface area contributed by atoms with E-state index in [2.05, 4.69) is 36.0 Å². The summed E-state index contributed by atoms with van der Waals surface area (Å²) in [7, 11) is 2.20. The lowest BCUT2D eigenvalue weighted by molar-refractivity contribution is 0.178. The minimum Gasteiger partial charge on any atom is -0.306 e. The number of likely N-dealkylation sites (tertiary alicyclic amines) is 1. The van der Waals surface area contributed by atoms with Crippen LogP contribution in [0.15, 0.2) is 30.3 Å². The smallest absolute Gasteiger partial charge is 0.0582 e. The Bertz CT molecular complexity index is 416. The molecule has 0 saturated carbocycles. The molecule has 96 valence electrons. The van der Waals surface area contributed by atoms with Crippen molar-refractivity contribution in [3.05, 3.63) is 35.9 Å². The van der Waals surface area contributed by atoms with Gasteiger partial charge in [-0.1, -0.05) is 37.0 Å². The van der Waals surface area contributed by atoms with Crippen molar-refractivity contribution in [2.45, 2.75) is 19.4 Å². The maximum atomic E-state index is 3.56. The number of hydrogen-bond acceptors (Lipinski definition) is 2. The number of rotatable bonds is 2. The third-order valence-corrected chi connectivity index (χ3v) is 3.57. The SMILES string of the molecule is CC1CN(C)CCC1NCC#Cc1ccccc1. The first-order valence-corrected chi connectivity index (χ1v) is 6.71. The molecule has 1 saturated heterocycles. The molecule has 2 heteroatoms. The van der Waals surface area contributed by atoms with Gasteiger partial charge in [0, 0.05) is 18.2 Å². The number of benzene rings is 1. The lowest BCUT2D eigenvalue weighted by Crippen LogP contribution is -2.47. The van der Waals surface area contributed by atoms with E-state index in [0.29, 0.717) is 12.0 Å². The molecule has 2 rings (SSSR count). The van der Waals surface area contributed by atoms with Gasteiger partial charge >= 0.3 is 0 Å². The Labute approximate surface area is 110 Å². The fourth-order valence-electron chi connectivity index (χ4n) is 2.51. The summed E-state index contributed by atoms with van der Waals surface area (Å²) < 4.78 is 0. The second-order valence-electron chi connectivity index (χ2n) is 5.18. The minimum absolute atomic E-state index is 0.617. The van der Waals surface area contributed by atoms with Crippen molar-refractivity contribution >= 4 is 0 Å². The molecule has 1 aliphatic rings. The van der Waals surface area contributed by atoms with Crippen LogP contribution in [0, 0.1) is 17.8 Å². The fraction of sp³-hybridized carbons (Fsp3) is 0.500. The molecule has 1 aliphatic heterocycles. The van der Waals surface area contributed by atoms with Crippen molar-refractivity contribution in [3.8, 4) is 11.8 Å². The molecule has 2 atom stereocenters. The summed E-state index contributed by atoms with van der Waals surface area (Å²) in [6.07, 6.45) is 1.23. The largest absolute Gasteiger partial charge is 0.306 e. The molecule has 0 bridgehead atoms. The number of nitrogens with zero attached hydrogens (tertiary/aromatic N) is 1. The molecule has 1 fully saturated rings. The normalized spacial score (nSPS) is 24.3. The zero-order valence-corrected chi connectivity index (χ0v) is 11.3. The molecule has 1 heterocycles. The zero-order chi connectivity index (χ0) is 12.8. The molecule has 0 aromatic heterocycles. The van der Waals surface area contributed by atoms with Gasteiger partial charge in [0.05, 0.1) is 6.54 Å². The Balaban J connectivity index is 1.77. The summed E-state index contributed by atoms with van der Waals surface area (Å²) in [5.41, 5.74) is 1.09. The second kappa shape index (κ2) is 6.58. The summed E-state index contributed by atoms with van der Waals surface area (Å²) >= 11 is 0. The Kier molecular flexibility index (Phi) is 4.81. The van der Waals surface area contributed by atoms with Gasteiger partial charge < -0.3 is 10.2 Å². The van der Waals surface area contributed by atoms with Crippen LogP contribution >= 0.6 is 0 Å². The van der Waals surface area contributed by atoms with Gasteiger partial charge in [0.2, 0.25) is 0 Å². The van der Waals surface area contributed by atoms with Crippen molar-refractivity contribution in [2.24, 2.45) is 5.92 Å². The highest BCUT2D eigenvalue weighted by Gasteiger charge is 2.22. The van der Waals surface area contributed by atoms with E-state index in [4.69, 9.17) is 0 Å². The highest BCUT2D eigenvalue weighted by Crippen LogP contribution is 2.14. The van der Waals surface area contributed by atoms with Crippen LogP contribution in [0.2, 0.25) is 0 Å². The van der Waals surface area contributed by atoms with Crippen LogP contribution in [0.4, 0.5) is 0 Å². The summed E-state index contributed by atoms with van der Waals surface area (Å²) in [4.78, 5) is 2.40. The Morgan fingerprint density at radius 3 is 2.83 bits per heavy atom. The average molecular weight is 242 g/mol. The number of piperidine rings is 1. The van der Waals surface area contributed by atoms with E-state index in [0.717, 1.165) is 12.1 Å². The van der Waals surface area contributed by atoms with Gasteiger partial charge in [0.25, 0.3) is 0 Å². The standard InChI is InChI=1S/C16H22N2/c1-14-13-18(2)12-10-16(14)17-11-6-9-15-7-4-3-5-8-15/h3-5,7-8,14,16-17H,10-13H2,1-2H3. The van der Waals surface area contributed by atoms with Crippen molar-refractivity contribution < 1.29 is 0 Å². The van der Waals surface area contributed by atoms with E-state index in [-0.39, 0.29) is 0 Å². The highest BCUT2D eigenvalue weighted by molar-refractivity contribution is 5.33.